The minimum absolute atomic E-state index is 0.00226. The zero-order chi connectivity index (χ0) is 15.7. The largest absolute Gasteiger partial charge is 0.505 e. The summed E-state index contributed by atoms with van der Waals surface area (Å²) in [6.45, 7) is 15.3. The van der Waals surface area contributed by atoms with Gasteiger partial charge in [-0.25, -0.2) is 0 Å². The molecule has 1 heterocycles. The zero-order valence-electron chi connectivity index (χ0n) is 13.9. The van der Waals surface area contributed by atoms with Gasteiger partial charge in [0.25, 0.3) is 0 Å². The lowest BCUT2D eigenvalue weighted by Crippen LogP contribution is -2.47. The maximum atomic E-state index is 5.89. The van der Waals surface area contributed by atoms with E-state index in [1.54, 1.807) is 0 Å². The minimum Gasteiger partial charge on any atom is -0.374 e. The molecule has 0 spiro atoms. The van der Waals surface area contributed by atoms with Gasteiger partial charge < -0.3 is 22.8 Å². The van der Waals surface area contributed by atoms with Crippen molar-refractivity contribution in [3.05, 3.63) is 12.2 Å². The van der Waals surface area contributed by atoms with E-state index in [4.69, 9.17) is 22.8 Å². The second-order valence-electron chi connectivity index (χ2n) is 5.00. The van der Waals surface area contributed by atoms with E-state index in [0.717, 1.165) is 18.6 Å². The number of rotatable bonds is 13. The van der Waals surface area contributed by atoms with Gasteiger partial charge in [-0.3, -0.25) is 0 Å². The first-order valence-electron chi connectivity index (χ1n) is 7.93. The highest BCUT2D eigenvalue weighted by molar-refractivity contribution is 6.61. The predicted octanol–water partition coefficient (Wildman–Crippen LogP) is 2.79. The van der Waals surface area contributed by atoms with Crippen molar-refractivity contribution in [1.29, 1.82) is 0 Å². The summed E-state index contributed by atoms with van der Waals surface area (Å²) in [5.74, 6) is 0. The molecule has 0 amide bonds. The Morgan fingerprint density at radius 3 is 2.05 bits per heavy atom. The van der Waals surface area contributed by atoms with Gasteiger partial charge >= 0.3 is 8.80 Å². The van der Waals surface area contributed by atoms with Gasteiger partial charge in [0.2, 0.25) is 0 Å². The molecule has 1 fully saturated rings. The van der Waals surface area contributed by atoms with Gasteiger partial charge in [-0.15, -0.1) is 0 Å². The highest BCUT2D eigenvalue weighted by Gasteiger charge is 2.42. The molecule has 1 rings (SSSR count). The lowest BCUT2D eigenvalue weighted by molar-refractivity contribution is 0.0527. The third-order valence-corrected chi connectivity index (χ3v) is 6.32. The van der Waals surface area contributed by atoms with E-state index in [9.17, 15) is 0 Å². The van der Waals surface area contributed by atoms with Crippen molar-refractivity contribution < 1.29 is 22.8 Å². The van der Waals surface area contributed by atoms with E-state index < -0.39 is 8.80 Å². The molecule has 0 aromatic rings. The summed E-state index contributed by atoms with van der Waals surface area (Å²) in [5.41, 5.74) is 0.986. The second-order valence-corrected chi connectivity index (χ2v) is 7.59. The molecule has 0 aromatic heterocycles. The zero-order valence-corrected chi connectivity index (χ0v) is 14.9. The molecule has 0 aromatic carbocycles. The number of ether oxygens (including phenoxy) is 2. The highest BCUT2D eigenvalue weighted by Crippen LogP contribution is 2.25. The summed E-state index contributed by atoms with van der Waals surface area (Å²) < 4.78 is 28.7. The molecule has 5 nitrogen and oxygen atoms in total. The average molecular weight is 318 g/mol. The number of epoxide rings is 1. The molecule has 0 N–H and O–H groups in total. The molecule has 1 aliphatic heterocycles. The van der Waals surface area contributed by atoms with Crippen molar-refractivity contribution >= 4 is 8.80 Å². The van der Waals surface area contributed by atoms with Gasteiger partial charge in [0, 0.05) is 25.9 Å². The van der Waals surface area contributed by atoms with Gasteiger partial charge in [0.15, 0.2) is 0 Å². The third-order valence-electron chi connectivity index (χ3n) is 3.25. The monoisotopic (exact) mass is 318 g/mol. The SMILES string of the molecule is C=C(C[Si](OCC)(OCC)OCC)C(CC)OCC1CO1. The highest BCUT2D eigenvalue weighted by atomic mass is 28.4. The van der Waals surface area contributed by atoms with Crippen LogP contribution in [0.5, 0.6) is 0 Å². The van der Waals surface area contributed by atoms with Crippen molar-refractivity contribution in [2.24, 2.45) is 0 Å². The van der Waals surface area contributed by atoms with Crippen molar-refractivity contribution in [2.75, 3.05) is 33.0 Å². The Balaban J connectivity index is 2.61. The van der Waals surface area contributed by atoms with Crippen molar-refractivity contribution in [3.8, 4) is 0 Å². The molecule has 2 unspecified atom stereocenters. The lowest BCUT2D eigenvalue weighted by Gasteiger charge is -2.31. The van der Waals surface area contributed by atoms with Crippen LogP contribution in [-0.2, 0) is 22.8 Å². The standard InChI is InChI=1S/C15H30O5Si/c1-6-15(17-11-14-10-16-14)13(5)12-21(18-7-2,19-8-3)20-9-4/h14-15H,5-12H2,1-4H3. The van der Waals surface area contributed by atoms with E-state index >= 15 is 0 Å². The van der Waals surface area contributed by atoms with Gasteiger partial charge in [0.05, 0.1) is 19.3 Å². The first-order chi connectivity index (χ1) is 10.1. The lowest BCUT2D eigenvalue weighted by atomic mass is 10.1. The minimum atomic E-state index is -2.69. The molecule has 0 saturated carbocycles. The maximum absolute atomic E-state index is 5.89. The van der Waals surface area contributed by atoms with Crippen LogP contribution in [0.4, 0.5) is 0 Å². The van der Waals surface area contributed by atoms with Crippen molar-refractivity contribution in [2.45, 2.75) is 52.4 Å². The molecule has 6 heteroatoms. The Kier molecular flexibility index (Phi) is 8.69. The quantitative estimate of drug-likeness (QED) is 0.297. The molecule has 1 aliphatic rings. The molecule has 21 heavy (non-hydrogen) atoms. The van der Waals surface area contributed by atoms with E-state index in [2.05, 4.69) is 13.5 Å². The first-order valence-corrected chi connectivity index (χ1v) is 9.86. The average Bonchev–Trinajstić information content (AvgIpc) is 3.24. The normalized spacial score (nSPS) is 19.5. The van der Waals surface area contributed by atoms with Crippen molar-refractivity contribution in [3.63, 3.8) is 0 Å². The summed E-state index contributed by atoms with van der Waals surface area (Å²) in [6.07, 6.45) is 1.14. The molecule has 0 bridgehead atoms. The summed E-state index contributed by atoms with van der Waals surface area (Å²) >= 11 is 0. The van der Waals surface area contributed by atoms with Gasteiger partial charge in [0.1, 0.15) is 6.10 Å². The molecule has 0 aliphatic carbocycles. The smallest absolute Gasteiger partial charge is 0.374 e. The van der Waals surface area contributed by atoms with Gasteiger partial charge in [-0.05, 0) is 32.8 Å². The van der Waals surface area contributed by atoms with E-state index in [1.807, 2.05) is 20.8 Å². The van der Waals surface area contributed by atoms with E-state index in [-0.39, 0.29) is 12.2 Å². The number of hydrogen-bond acceptors (Lipinski definition) is 5. The van der Waals surface area contributed by atoms with Crippen LogP contribution < -0.4 is 0 Å². The summed E-state index contributed by atoms with van der Waals surface area (Å²) in [5, 5.41) is 0. The fraction of sp³-hybridized carbons (Fsp3) is 0.867. The van der Waals surface area contributed by atoms with Gasteiger partial charge in [-0.1, -0.05) is 13.5 Å². The Labute approximate surface area is 129 Å². The van der Waals surface area contributed by atoms with Crippen LogP contribution in [0.1, 0.15) is 34.1 Å². The molecule has 2 atom stereocenters. The topological polar surface area (TPSA) is 49.5 Å². The van der Waals surface area contributed by atoms with Crippen LogP contribution >= 0.6 is 0 Å². The van der Waals surface area contributed by atoms with Crippen LogP contribution in [0, 0.1) is 0 Å². The molecular weight excluding hydrogens is 288 g/mol. The van der Waals surface area contributed by atoms with Crippen LogP contribution in [-0.4, -0.2) is 54.0 Å². The summed E-state index contributed by atoms with van der Waals surface area (Å²) in [6, 6.07) is 0.604. The fourth-order valence-corrected chi connectivity index (χ4v) is 4.90. The van der Waals surface area contributed by atoms with Crippen LogP contribution in [0.3, 0.4) is 0 Å². The fourth-order valence-electron chi connectivity index (χ4n) is 2.24. The molecule has 124 valence electrons. The van der Waals surface area contributed by atoms with Crippen LogP contribution in [0.15, 0.2) is 12.2 Å². The van der Waals surface area contributed by atoms with Gasteiger partial charge in [-0.2, -0.15) is 0 Å². The number of hydrogen-bond donors (Lipinski definition) is 0. The summed E-state index contributed by atoms with van der Waals surface area (Å²) in [7, 11) is -2.69. The first kappa shape index (κ1) is 18.8. The summed E-state index contributed by atoms with van der Waals surface area (Å²) in [4.78, 5) is 0. The van der Waals surface area contributed by atoms with E-state index in [0.29, 0.717) is 32.5 Å². The maximum Gasteiger partial charge on any atom is 0.505 e. The molecular formula is C15H30O5Si. The Bertz CT molecular complexity index is 289. The van der Waals surface area contributed by atoms with E-state index in [1.165, 1.54) is 0 Å². The Morgan fingerprint density at radius 1 is 1.14 bits per heavy atom. The van der Waals surface area contributed by atoms with Crippen molar-refractivity contribution in [1.82, 2.24) is 0 Å². The Morgan fingerprint density at radius 2 is 1.67 bits per heavy atom. The van der Waals surface area contributed by atoms with Crippen LogP contribution in [0.2, 0.25) is 6.04 Å². The third kappa shape index (κ3) is 6.59. The Hall–Kier alpha value is -0.243. The molecule has 0 radical (unpaired) electrons. The molecule has 1 saturated heterocycles. The van der Waals surface area contributed by atoms with Crippen LogP contribution in [0.25, 0.3) is 0 Å². The second kappa shape index (κ2) is 9.71. The predicted molar refractivity (Wildman–Crippen MR) is 84.4 cm³/mol.